The molecule has 0 radical (unpaired) electrons. The van der Waals surface area contributed by atoms with Crippen LogP contribution in [0.1, 0.15) is 36.0 Å². The van der Waals surface area contributed by atoms with Gasteiger partial charge in [0.25, 0.3) is 0 Å². The number of ether oxygens (including phenoxy) is 3. The van der Waals surface area contributed by atoms with Crippen molar-refractivity contribution in [2.45, 2.75) is 37.9 Å². The first-order valence-electron chi connectivity index (χ1n) is 6.86. The molecule has 2 aliphatic rings. The molecule has 3 rings (SSSR count). The van der Waals surface area contributed by atoms with E-state index in [4.69, 9.17) is 14.2 Å². The van der Waals surface area contributed by atoms with E-state index in [0.29, 0.717) is 5.56 Å². The zero-order chi connectivity index (χ0) is 14.1. The van der Waals surface area contributed by atoms with E-state index in [1.807, 2.05) is 0 Å². The molecule has 0 aliphatic carbocycles. The molecular formula is C14H18N2O4. The van der Waals surface area contributed by atoms with E-state index < -0.39 is 0 Å². The monoisotopic (exact) mass is 278 g/mol. The Balaban J connectivity index is 1.83. The summed E-state index contributed by atoms with van der Waals surface area (Å²) >= 11 is 0. The normalized spacial score (nSPS) is 28.2. The van der Waals surface area contributed by atoms with Crippen LogP contribution in [-0.4, -0.2) is 42.2 Å². The van der Waals surface area contributed by atoms with E-state index in [1.165, 1.54) is 20.4 Å². The molecule has 20 heavy (non-hydrogen) atoms. The highest BCUT2D eigenvalue weighted by Crippen LogP contribution is 2.38. The van der Waals surface area contributed by atoms with E-state index in [9.17, 15) is 4.79 Å². The topological polar surface area (TPSA) is 70.5 Å². The van der Waals surface area contributed by atoms with Gasteiger partial charge in [-0.2, -0.15) is 4.98 Å². The molecule has 2 aliphatic heterocycles. The largest absolute Gasteiger partial charge is 0.480 e. The Morgan fingerprint density at radius 1 is 1.25 bits per heavy atom. The predicted molar refractivity (Wildman–Crippen MR) is 70.1 cm³/mol. The van der Waals surface area contributed by atoms with Gasteiger partial charge in [-0.3, -0.25) is 4.79 Å². The predicted octanol–water partition coefficient (Wildman–Crippen LogP) is 1.63. The number of hydrogen-bond acceptors (Lipinski definition) is 6. The average molecular weight is 278 g/mol. The first-order chi connectivity index (χ1) is 9.71. The quantitative estimate of drug-likeness (QED) is 0.780. The van der Waals surface area contributed by atoms with Crippen molar-refractivity contribution in [2.75, 3.05) is 14.2 Å². The van der Waals surface area contributed by atoms with Gasteiger partial charge in [0.1, 0.15) is 0 Å². The van der Waals surface area contributed by atoms with E-state index in [0.717, 1.165) is 25.7 Å². The summed E-state index contributed by atoms with van der Waals surface area (Å²) in [6.07, 6.45) is 5.63. The summed E-state index contributed by atoms with van der Waals surface area (Å²) in [5, 5.41) is 0. The number of rotatable bonds is 4. The van der Waals surface area contributed by atoms with Crippen LogP contribution in [0.4, 0.5) is 0 Å². The van der Waals surface area contributed by atoms with Gasteiger partial charge in [0.2, 0.25) is 5.88 Å². The molecule has 0 amide bonds. The Bertz CT molecular complexity index is 508. The Morgan fingerprint density at radius 2 is 1.95 bits per heavy atom. The molecule has 0 aromatic carbocycles. The molecule has 108 valence electrons. The number of fused-ring (bicyclic) bond motifs is 2. The summed E-state index contributed by atoms with van der Waals surface area (Å²) < 4.78 is 15.9. The van der Waals surface area contributed by atoms with Crippen molar-refractivity contribution in [3.05, 3.63) is 11.8 Å². The lowest BCUT2D eigenvalue weighted by atomic mass is 9.88. The number of carbonyl (C=O) groups is 1. The fraction of sp³-hybridized carbons (Fsp3) is 0.643. The van der Waals surface area contributed by atoms with Crippen molar-refractivity contribution >= 4 is 5.78 Å². The zero-order valence-corrected chi connectivity index (χ0v) is 11.7. The van der Waals surface area contributed by atoms with Gasteiger partial charge in [-0.15, -0.1) is 0 Å². The van der Waals surface area contributed by atoms with Gasteiger partial charge in [0.15, 0.2) is 5.78 Å². The number of ketones is 1. The Labute approximate surface area is 117 Å². The van der Waals surface area contributed by atoms with Gasteiger partial charge in [0, 0.05) is 12.1 Å². The molecule has 0 saturated carbocycles. The lowest BCUT2D eigenvalue weighted by Gasteiger charge is -2.27. The van der Waals surface area contributed by atoms with E-state index >= 15 is 0 Å². The smallest absolute Gasteiger partial charge is 0.319 e. The van der Waals surface area contributed by atoms with Gasteiger partial charge in [-0.1, -0.05) is 0 Å². The molecule has 1 aromatic heterocycles. The number of carbonyl (C=O) groups excluding carboxylic acids is 1. The summed E-state index contributed by atoms with van der Waals surface area (Å²) in [4.78, 5) is 20.7. The van der Waals surface area contributed by atoms with Gasteiger partial charge in [-0.05, 0) is 25.7 Å². The number of Topliss-reactive ketones (excluding diaryl/α,β-unsaturated/α-hetero) is 1. The average Bonchev–Trinajstić information content (AvgIpc) is 2.84. The second kappa shape index (κ2) is 5.36. The lowest BCUT2D eigenvalue weighted by Crippen LogP contribution is -2.30. The molecule has 0 spiro atoms. The Morgan fingerprint density at radius 3 is 2.55 bits per heavy atom. The molecule has 2 bridgehead atoms. The SMILES string of the molecule is COc1ncc(C(=O)C2CC3CCC(C2)O3)c(OC)n1. The standard InChI is InChI=1S/C14H18N2O4/c1-18-13-11(7-15-14(16-13)19-2)12(17)8-5-9-3-4-10(6-8)20-9/h7-10H,3-6H2,1-2H3. The molecule has 2 saturated heterocycles. The van der Waals surface area contributed by atoms with Crippen molar-refractivity contribution in [2.24, 2.45) is 5.92 Å². The van der Waals surface area contributed by atoms with Crippen molar-refractivity contribution < 1.29 is 19.0 Å². The molecule has 1 aromatic rings. The number of nitrogens with zero attached hydrogens (tertiary/aromatic N) is 2. The van der Waals surface area contributed by atoms with Crippen molar-refractivity contribution in [1.82, 2.24) is 9.97 Å². The van der Waals surface area contributed by atoms with Crippen LogP contribution in [0.3, 0.4) is 0 Å². The second-order valence-corrected chi connectivity index (χ2v) is 5.27. The van der Waals surface area contributed by atoms with Crippen LogP contribution >= 0.6 is 0 Å². The minimum Gasteiger partial charge on any atom is -0.480 e. The Hall–Kier alpha value is -1.69. The molecule has 6 nitrogen and oxygen atoms in total. The molecule has 2 fully saturated rings. The third kappa shape index (κ3) is 2.35. The summed E-state index contributed by atoms with van der Waals surface area (Å²) in [5.41, 5.74) is 0.430. The minimum absolute atomic E-state index is 0.0212. The summed E-state index contributed by atoms with van der Waals surface area (Å²) in [6.45, 7) is 0. The Kier molecular flexibility index (Phi) is 3.56. The maximum absolute atomic E-state index is 12.6. The highest BCUT2D eigenvalue weighted by Gasteiger charge is 2.39. The third-order valence-corrected chi connectivity index (χ3v) is 4.03. The second-order valence-electron chi connectivity index (χ2n) is 5.27. The van der Waals surface area contributed by atoms with E-state index in [-0.39, 0.29) is 35.8 Å². The number of methoxy groups -OCH3 is 2. The van der Waals surface area contributed by atoms with Gasteiger partial charge in [0.05, 0.1) is 32.0 Å². The summed E-state index contributed by atoms with van der Waals surface area (Å²) in [7, 11) is 2.97. The first-order valence-corrected chi connectivity index (χ1v) is 6.86. The number of hydrogen-bond donors (Lipinski definition) is 0. The van der Waals surface area contributed by atoms with E-state index in [2.05, 4.69) is 9.97 Å². The van der Waals surface area contributed by atoms with Gasteiger partial charge in [-0.25, -0.2) is 4.98 Å². The van der Waals surface area contributed by atoms with Crippen molar-refractivity contribution in [3.8, 4) is 11.9 Å². The zero-order valence-electron chi connectivity index (χ0n) is 11.7. The fourth-order valence-corrected chi connectivity index (χ4v) is 3.07. The molecule has 6 heteroatoms. The minimum atomic E-state index is -0.0212. The van der Waals surface area contributed by atoms with Crippen molar-refractivity contribution in [3.63, 3.8) is 0 Å². The first kappa shape index (κ1) is 13.3. The van der Waals surface area contributed by atoms with Crippen LogP contribution in [0.15, 0.2) is 6.20 Å². The molecule has 3 heterocycles. The highest BCUT2D eigenvalue weighted by molar-refractivity contribution is 5.99. The van der Waals surface area contributed by atoms with Crippen LogP contribution < -0.4 is 9.47 Å². The summed E-state index contributed by atoms with van der Waals surface area (Å²) in [6, 6.07) is 0.199. The van der Waals surface area contributed by atoms with Crippen molar-refractivity contribution in [1.29, 1.82) is 0 Å². The van der Waals surface area contributed by atoms with Crippen LogP contribution in [-0.2, 0) is 4.74 Å². The maximum atomic E-state index is 12.6. The number of aromatic nitrogens is 2. The van der Waals surface area contributed by atoms with Gasteiger partial charge < -0.3 is 14.2 Å². The fourth-order valence-electron chi connectivity index (χ4n) is 3.07. The molecule has 0 N–H and O–H groups in total. The van der Waals surface area contributed by atoms with Crippen LogP contribution in [0.25, 0.3) is 0 Å². The maximum Gasteiger partial charge on any atom is 0.319 e. The third-order valence-electron chi connectivity index (χ3n) is 4.03. The lowest BCUT2D eigenvalue weighted by molar-refractivity contribution is -0.0149. The molecule has 2 atom stereocenters. The highest BCUT2D eigenvalue weighted by atomic mass is 16.5. The van der Waals surface area contributed by atoms with Gasteiger partial charge >= 0.3 is 6.01 Å². The van der Waals surface area contributed by atoms with Crippen LogP contribution in [0.2, 0.25) is 0 Å². The summed E-state index contributed by atoms with van der Waals surface area (Å²) in [5.74, 6) is 0.303. The molecule has 2 unspecified atom stereocenters. The van der Waals surface area contributed by atoms with Crippen LogP contribution in [0, 0.1) is 5.92 Å². The van der Waals surface area contributed by atoms with E-state index in [1.54, 1.807) is 0 Å². The van der Waals surface area contributed by atoms with Crippen LogP contribution in [0.5, 0.6) is 11.9 Å². The molecular weight excluding hydrogens is 260 g/mol.